The summed E-state index contributed by atoms with van der Waals surface area (Å²) in [5, 5.41) is 4.30. The van der Waals surface area contributed by atoms with Gasteiger partial charge in [-0.2, -0.15) is 5.10 Å². The number of rotatable bonds is 5. The summed E-state index contributed by atoms with van der Waals surface area (Å²) in [5.74, 6) is 1.66. The lowest BCUT2D eigenvalue weighted by molar-refractivity contribution is -0.123. The molecular weight excluding hydrogens is 288 g/mol. The Labute approximate surface area is 138 Å². The third-order valence-corrected chi connectivity index (χ3v) is 5.53. The molecule has 0 unspecified atom stereocenters. The Balaban J connectivity index is 1.60. The number of carbonyl (C=O) groups excluding carboxylic acids is 1. The zero-order valence-corrected chi connectivity index (χ0v) is 14.3. The number of hydrogen-bond donors (Lipinski definition) is 1. The molecule has 1 aromatic rings. The van der Waals surface area contributed by atoms with Crippen molar-refractivity contribution in [3.05, 3.63) is 29.8 Å². The Morgan fingerprint density at radius 3 is 2.70 bits per heavy atom. The largest absolute Gasteiger partial charge is 0.494 e. The predicted molar refractivity (Wildman–Crippen MR) is 91.5 cm³/mol. The monoisotopic (exact) mass is 314 g/mol. The van der Waals surface area contributed by atoms with Gasteiger partial charge >= 0.3 is 0 Å². The van der Waals surface area contributed by atoms with E-state index >= 15 is 0 Å². The van der Waals surface area contributed by atoms with Crippen molar-refractivity contribution in [1.29, 1.82) is 0 Å². The van der Waals surface area contributed by atoms with Crippen molar-refractivity contribution in [1.82, 2.24) is 5.43 Å². The van der Waals surface area contributed by atoms with Crippen LogP contribution in [-0.2, 0) is 4.79 Å². The smallest absolute Gasteiger partial charge is 0.244 e. The third-order valence-electron chi connectivity index (χ3n) is 5.53. The number of benzene rings is 1. The molecule has 3 rings (SSSR count). The molecule has 0 heterocycles. The lowest BCUT2D eigenvalue weighted by Gasteiger charge is -2.15. The van der Waals surface area contributed by atoms with Crippen LogP contribution < -0.4 is 10.2 Å². The fourth-order valence-electron chi connectivity index (χ4n) is 4.08. The van der Waals surface area contributed by atoms with E-state index in [0.717, 1.165) is 17.0 Å². The number of carbonyl (C=O) groups is 1. The van der Waals surface area contributed by atoms with Crippen LogP contribution in [0.5, 0.6) is 5.75 Å². The van der Waals surface area contributed by atoms with Gasteiger partial charge in [-0.3, -0.25) is 4.79 Å². The highest BCUT2D eigenvalue weighted by Crippen LogP contribution is 2.66. The van der Waals surface area contributed by atoms with Crippen LogP contribution in [0.25, 0.3) is 0 Å². The van der Waals surface area contributed by atoms with E-state index in [9.17, 15) is 4.79 Å². The molecule has 1 N–H and O–H groups in total. The summed E-state index contributed by atoms with van der Waals surface area (Å²) in [7, 11) is 0. The van der Waals surface area contributed by atoms with E-state index in [4.69, 9.17) is 4.74 Å². The first-order chi connectivity index (χ1) is 11.1. The Morgan fingerprint density at radius 2 is 2.09 bits per heavy atom. The molecule has 2 fully saturated rings. The first-order valence-corrected chi connectivity index (χ1v) is 8.63. The number of hydrogen-bond acceptors (Lipinski definition) is 3. The van der Waals surface area contributed by atoms with Crippen molar-refractivity contribution in [3.8, 4) is 5.75 Å². The zero-order valence-electron chi connectivity index (χ0n) is 14.3. The molecule has 23 heavy (non-hydrogen) atoms. The molecule has 4 heteroatoms. The summed E-state index contributed by atoms with van der Waals surface area (Å²) in [4.78, 5) is 12.4. The van der Waals surface area contributed by atoms with Gasteiger partial charge in [0.2, 0.25) is 5.91 Å². The third kappa shape index (κ3) is 3.12. The van der Waals surface area contributed by atoms with E-state index in [1.54, 1.807) is 0 Å². The van der Waals surface area contributed by atoms with Crippen LogP contribution in [0.2, 0.25) is 0 Å². The molecule has 3 atom stereocenters. The van der Waals surface area contributed by atoms with Crippen molar-refractivity contribution in [2.75, 3.05) is 6.61 Å². The van der Waals surface area contributed by atoms with Gasteiger partial charge in [0.25, 0.3) is 0 Å². The number of fused-ring (bicyclic) bond motifs is 1. The number of nitrogens with zero attached hydrogens (tertiary/aromatic N) is 1. The van der Waals surface area contributed by atoms with Gasteiger partial charge in [-0.25, -0.2) is 5.43 Å². The molecule has 0 aliphatic heterocycles. The molecular formula is C19H26N2O2. The molecule has 2 aliphatic rings. The van der Waals surface area contributed by atoms with Gasteiger partial charge < -0.3 is 4.74 Å². The Hall–Kier alpha value is -1.84. The van der Waals surface area contributed by atoms with Crippen LogP contribution in [0.15, 0.2) is 29.4 Å². The highest BCUT2D eigenvalue weighted by atomic mass is 16.5. The maximum atomic E-state index is 12.4. The zero-order chi connectivity index (χ0) is 16.4. The molecule has 1 amide bonds. The van der Waals surface area contributed by atoms with E-state index < -0.39 is 0 Å². The molecule has 2 aliphatic carbocycles. The SMILES string of the molecule is CCOc1ccc(/C(C)=N\NC(=O)[C@@H]2[C@H]3CCCC[C@]32C)cc1. The van der Waals surface area contributed by atoms with E-state index in [1.807, 2.05) is 38.1 Å². The minimum absolute atomic E-state index is 0.0877. The van der Waals surface area contributed by atoms with Crippen LogP contribution in [0.1, 0.15) is 52.0 Å². The molecule has 0 spiro atoms. The fourth-order valence-corrected chi connectivity index (χ4v) is 4.08. The lowest BCUT2D eigenvalue weighted by atomic mass is 9.90. The van der Waals surface area contributed by atoms with Crippen molar-refractivity contribution in [3.63, 3.8) is 0 Å². The van der Waals surface area contributed by atoms with E-state index in [-0.39, 0.29) is 17.2 Å². The highest BCUT2D eigenvalue weighted by Gasteiger charge is 2.64. The van der Waals surface area contributed by atoms with Gasteiger partial charge in [0.05, 0.1) is 12.3 Å². The second kappa shape index (κ2) is 6.34. The first kappa shape index (κ1) is 16.0. The van der Waals surface area contributed by atoms with Crippen molar-refractivity contribution >= 4 is 11.6 Å². The van der Waals surface area contributed by atoms with E-state index in [1.165, 1.54) is 25.7 Å². The maximum Gasteiger partial charge on any atom is 0.244 e. The standard InChI is InChI=1S/C19H26N2O2/c1-4-23-15-10-8-14(9-11-15)13(2)20-21-18(22)17-16-7-5-6-12-19(16,17)3/h8-11,16-17H,4-7,12H2,1-3H3,(H,21,22)/b20-13-/t16-,17+,19-/m1/s1. The van der Waals surface area contributed by atoms with Crippen molar-refractivity contribution < 1.29 is 9.53 Å². The number of ether oxygens (including phenoxy) is 1. The number of nitrogens with one attached hydrogen (secondary N) is 1. The highest BCUT2D eigenvalue weighted by molar-refractivity contribution is 5.99. The summed E-state index contributed by atoms with van der Waals surface area (Å²) in [5.41, 5.74) is 4.82. The van der Waals surface area contributed by atoms with Gasteiger partial charge in [-0.05, 0) is 67.9 Å². The lowest BCUT2D eigenvalue weighted by Crippen LogP contribution is -2.23. The normalized spacial score (nSPS) is 29.6. The average Bonchev–Trinajstić information content (AvgIpc) is 3.19. The minimum atomic E-state index is 0.0877. The van der Waals surface area contributed by atoms with Gasteiger partial charge in [-0.15, -0.1) is 0 Å². The molecule has 0 bridgehead atoms. The van der Waals surface area contributed by atoms with Crippen molar-refractivity contribution in [2.45, 2.75) is 46.5 Å². The van der Waals surface area contributed by atoms with Crippen LogP contribution in [0, 0.1) is 17.3 Å². The van der Waals surface area contributed by atoms with E-state index in [0.29, 0.717) is 12.5 Å². The summed E-state index contributed by atoms with van der Waals surface area (Å²) < 4.78 is 5.43. The minimum Gasteiger partial charge on any atom is -0.494 e. The Kier molecular flexibility index (Phi) is 4.42. The Bertz CT molecular complexity index is 608. The van der Waals surface area contributed by atoms with E-state index in [2.05, 4.69) is 17.5 Å². The molecule has 0 aromatic heterocycles. The Morgan fingerprint density at radius 1 is 1.35 bits per heavy atom. The molecule has 1 aromatic carbocycles. The molecule has 4 nitrogen and oxygen atoms in total. The van der Waals surface area contributed by atoms with Crippen LogP contribution in [-0.4, -0.2) is 18.2 Å². The average molecular weight is 314 g/mol. The first-order valence-electron chi connectivity index (χ1n) is 8.63. The predicted octanol–water partition coefficient (Wildman–Crippen LogP) is 3.75. The molecule has 0 radical (unpaired) electrons. The van der Waals surface area contributed by atoms with Gasteiger partial charge in [0.1, 0.15) is 5.75 Å². The molecule has 2 saturated carbocycles. The number of amides is 1. The van der Waals surface area contributed by atoms with Crippen LogP contribution in [0.3, 0.4) is 0 Å². The summed E-state index contributed by atoms with van der Waals surface area (Å²) in [6.07, 6.45) is 4.89. The van der Waals surface area contributed by atoms with Crippen LogP contribution >= 0.6 is 0 Å². The maximum absolute atomic E-state index is 12.4. The topological polar surface area (TPSA) is 50.7 Å². The second-order valence-electron chi connectivity index (χ2n) is 6.97. The summed E-state index contributed by atoms with van der Waals surface area (Å²) in [6.45, 7) is 6.79. The summed E-state index contributed by atoms with van der Waals surface area (Å²) >= 11 is 0. The van der Waals surface area contributed by atoms with Gasteiger partial charge in [-0.1, -0.05) is 19.8 Å². The van der Waals surface area contributed by atoms with Crippen molar-refractivity contribution in [2.24, 2.45) is 22.4 Å². The summed E-state index contributed by atoms with van der Waals surface area (Å²) in [6, 6.07) is 7.79. The van der Waals surface area contributed by atoms with Gasteiger partial charge in [0, 0.05) is 5.92 Å². The number of hydrazone groups is 1. The fraction of sp³-hybridized carbons (Fsp3) is 0.579. The molecule has 0 saturated heterocycles. The quantitative estimate of drug-likeness (QED) is 0.664. The van der Waals surface area contributed by atoms with Crippen LogP contribution in [0.4, 0.5) is 0 Å². The van der Waals surface area contributed by atoms with Gasteiger partial charge in [0.15, 0.2) is 0 Å². The second-order valence-corrected chi connectivity index (χ2v) is 6.97. The molecule has 124 valence electrons.